The molecule has 3 atom stereocenters. The van der Waals surface area contributed by atoms with Gasteiger partial charge in [0.05, 0.1) is 5.92 Å². The van der Waals surface area contributed by atoms with Crippen LogP contribution < -0.4 is 0 Å². The first kappa shape index (κ1) is 24.0. The van der Waals surface area contributed by atoms with Gasteiger partial charge in [0.2, 0.25) is 0 Å². The molecule has 160 valence electrons. The van der Waals surface area contributed by atoms with Gasteiger partial charge < -0.3 is 4.74 Å². The zero-order valence-corrected chi connectivity index (χ0v) is 15.8. The minimum Gasteiger partial charge on any atom is -0.462 e. The van der Waals surface area contributed by atoms with E-state index >= 15 is 0 Å². The molecule has 1 rings (SSSR count). The molecule has 0 saturated heterocycles. The van der Waals surface area contributed by atoms with E-state index in [4.69, 9.17) is 4.74 Å². The molecule has 1 aliphatic rings. The Balaban J connectivity index is 3.46. The molecular formula is C13H18F6O6S2. The second-order valence-electron chi connectivity index (χ2n) is 6.23. The lowest BCUT2D eigenvalue weighted by molar-refractivity contribution is -0.155. The molecule has 0 spiro atoms. The number of alkyl halides is 6. The summed E-state index contributed by atoms with van der Waals surface area (Å²) in [6, 6.07) is 0. The van der Waals surface area contributed by atoms with E-state index in [9.17, 15) is 48.0 Å². The topological polar surface area (TPSA) is 94.6 Å². The zero-order chi connectivity index (χ0) is 21.4. The van der Waals surface area contributed by atoms with Crippen molar-refractivity contribution < 1.29 is 52.7 Å². The molecule has 0 N–H and O–H groups in total. The van der Waals surface area contributed by atoms with Gasteiger partial charge in [-0.1, -0.05) is 13.8 Å². The first-order valence-electron chi connectivity index (χ1n) is 7.79. The fraction of sp³-hybridized carbons (Fsp3) is 0.923. The Morgan fingerprint density at radius 1 is 1.00 bits per heavy atom. The molecule has 6 nitrogen and oxygen atoms in total. The van der Waals surface area contributed by atoms with Gasteiger partial charge in [-0.25, -0.2) is 16.8 Å². The van der Waals surface area contributed by atoms with E-state index in [0.29, 0.717) is 0 Å². The molecule has 0 aromatic carbocycles. The van der Waals surface area contributed by atoms with Crippen molar-refractivity contribution in [3.63, 3.8) is 0 Å². The predicted octanol–water partition coefficient (Wildman–Crippen LogP) is 2.94. The number of hydrogen-bond acceptors (Lipinski definition) is 6. The molecule has 1 fully saturated rings. The Kier molecular flexibility index (Phi) is 6.89. The largest absolute Gasteiger partial charge is 0.498 e. The van der Waals surface area contributed by atoms with Crippen LogP contribution in [-0.4, -0.2) is 44.5 Å². The summed E-state index contributed by atoms with van der Waals surface area (Å²) in [5, 5.41) is 0. The smallest absolute Gasteiger partial charge is 0.462 e. The fourth-order valence-electron chi connectivity index (χ4n) is 2.73. The molecule has 27 heavy (non-hydrogen) atoms. The summed E-state index contributed by atoms with van der Waals surface area (Å²) in [4.78, 5) is 11.8. The number of rotatable bonds is 6. The molecular weight excluding hydrogens is 430 g/mol. The van der Waals surface area contributed by atoms with E-state index in [1.807, 2.05) is 0 Å². The molecule has 14 heteroatoms. The summed E-state index contributed by atoms with van der Waals surface area (Å²) in [5.41, 5.74) is -12.5. The number of sulfone groups is 2. The van der Waals surface area contributed by atoms with E-state index in [1.54, 1.807) is 6.92 Å². The third kappa shape index (κ3) is 4.69. The van der Waals surface area contributed by atoms with Crippen LogP contribution in [0.5, 0.6) is 0 Å². The number of carbonyl (C=O) groups excluding carboxylic acids is 1. The number of esters is 1. The van der Waals surface area contributed by atoms with Crippen molar-refractivity contribution in [3.05, 3.63) is 0 Å². The van der Waals surface area contributed by atoms with Gasteiger partial charge in [0, 0.05) is 5.92 Å². The van der Waals surface area contributed by atoms with E-state index in [-0.39, 0.29) is 19.3 Å². The SMILES string of the molecule is CCC(C)C(=O)OC1CCCC1C(S(=O)(=O)C(F)(F)F)S(=O)(=O)C(F)(F)F. The van der Waals surface area contributed by atoms with Crippen LogP contribution >= 0.6 is 0 Å². The van der Waals surface area contributed by atoms with Crippen LogP contribution in [0.3, 0.4) is 0 Å². The molecule has 0 bridgehead atoms. The van der Waals surface area contributed by atoms with Gasteiger partial charge in [-0.15, -0.1) is 0 Å². The quantitative estimate of drug-likeness (QED) is 0.458. The van der Waals surface area contributed by atoms with Gasteiger partial charge in [-0.3, -0.25) is 4.79 Å². The maximum atomic E-state index is 12.9. The van der Waals surface area contributed by atoms with Crippen molar-refractivity contribution >= 4 is 25.6 Å². The van der Waals surface area contributed by atoms with Crippen LogP contribution in [0.1, 0.15) is 39.5 Å². The molecule has 0 aliphatic heterocycles. The van der Waals surface area contributed by atoms with Crippen LogP contribution in [0.2, 0.25) is 0 Å². The van der Waals surface area contributed by atoms with Crippen molar-refractivity contribution in [2.75, 3.05) is 0 Å². The highest BCUT2D eigenvalue weighted by Crippen LogP contribution is 2.45. The minimum atomic E-state index is -6.76. The molecule has 0 aromatic rings. The Morgan fingerprint density at radius 3 is 1.81 bits per heavy atom. The maximum absolute atomic E-state index is 12.9. The van der Waals surface area contributed by atoms with E-state index in [2.05, 4.69) is 0 Å². The third-order valence-electron chi connectivity index (χ3n) is 4.39. The molecule has 0 radical (unpaired) electrons. The Bertz CT molecular complexity index is 711. The minimum absolute atomic E-state index is 0.0969. The summed E-state index contributed by atoms with van der Waals surface area (Å²) in [6.07, 6.45) is -2.37. The van der Waals surface area contributed by atoms with Crippen molar-refractivity contribution in [1.29, 1.82) is 0 Å². The summed E-state index contributed by atoms with van der Waals surface area (Å²) in [6.45, 7) is 2.96. The van der Waals surface area contributed by atoms with Gasteiger partial charge in [-0.2, -0.15) is 26.3 Å². The third-order valence-corrected chi connectivity index (χ3v) is 9.13. The first-order chi connectivity index (χ1) is 12.0. The van der Waals surface area contributed by atoms with Gasteiger partial charge in [0.25, 0.3) is 19.7 Å². The van der Waals surface area contributed by atoms with Crippen LogP contribution in [0.15, 0.2) is 0 Å². The van der Waals surface area contributed by atoms with Crippen molar-refractivity contribution in [2.45, 2.75) is 61.2 Å². The summed E-state index contributed by atoms with van der Waals surface area (Å²) in [7, 11) is -13.5. The van der Waals surface area contributed by atoms with Crippen molar-refractivity contribution in [3.8, 4) is 0 Å². The molecule has 1 aliphatic carbocycles. The number of hydrogen-bond donors (Lipinski definition) is 0. The number of halogens is 6. The number of ether oxygens (including phenoxy) is 1. The average molecular weight is 448 g/mol. The predicted molar refractivity (Wildman–Crippen MR) is 80.4 cm³/mol. The van der Waals surface area contributed by atoms with E-state index in [1.165, 1.54) is 6.92 Å². The average Bonchev–Trinajstić information content (AvgIpc) is 2.91. The molecule has 0 amide bonds. The van der Waals surface area contributed by atoms with Crippen LogP contribution in [0.25, 0.3) is 0 Å². The highest BCUT2D eigenvalue weighted by molar-refractivity contribution is 8.09. The summed E-state index contributed by atoms with van der Waals surface area (Å²) >= 11 is 0. The van der Waals surface area contributed by atoms with Crippen LogP contribution in [0, 0.1) is 11.8 Å². The fourth-order valence-corrected chi connectivity index (χ4v) is 6.79. The Hall–Kier alpha value is -1.05. The first-order valence-corrected chi connectivity index (χ1v) is 10.9. The van der Waals surface area contributed by atoms with Gasteiger partial charge >= 0.3 is 17.0 Å². The lowest BCUT2D eigenvalue weighted by Crippen LogP contribution is -2.51. The lowest BCUT2D eigenvalue weighted by atomic mass is 10.1. The highest BCUT2D eigenvalue weighted by Gasteiger charge is 2.66. The Labute approximate surface area is 152 Å². The Morgan fingerprint density at radius 2 is 1.44 bits per heavy atom. The second-order valence-corrected chi connectivity index (χ2v) is 10.6. The lowest BCUT2D eigenvalue weighted by Gasteiger charge is -2.29. The summed E-state index contributed by atoms with van der Waals surface area (Å²) < 4.78 is 125. The molecule has 0 aromatic heterocycles. The van der Waals surface area contributed by atoms with E-state index in [0.717, 1.165) is 0 Å². The van der Waals surface area contributed by atoms with Crippen LogP contribution in [-0.2, 0) is 29.2 Å². The number of carbonyl (C=O) groups is 1. The summed E-state index contributed by atoms with van der Waals surface area (Å²) in [5.74, 6) is -3.89. The monoisotopic (exact) mass is 448 g/mol. The van der Waals surface area contributed by atoms with Crippen molar-refractivity contribution in [2.24, 2.45) is 11.8 Å². The van der Waals surface area contributed by atoms with Crippen LogP contribution in [0.4, 0.5) is 26.3 Å². The van der Waals surface area contributed by atoms with E-state index < -0.39 is 65.6 Å². The standard InChI is InChI=1S/C13H18F6O6S2/c1-3-7(2)10(20)25-9-6-4-5-8(9)11(26(21,22)12(14,15)16)27(23,24)13(17,18)19/h7-9,11H,3-6H2,1-2H3. The van der Waals surface area contributed by atoms with Gasteiger partial charge in [0.15, 0.2) is 4.58 Å². The zero-order valence-electron chi connectivity index (χ0n) is 14.2. The van der Waals surface area contributed by atoms with Gasteiger partial charge in [-0.05, 0) is 25.7 Å². The normalized spacial score (nSPS) is 23.4. The van der Waals surface area contributed by atoms with Gasteiger partial charge in [0.1, 0.15) is 6.10 Å². The highest BCUT2D eigenvalue weighted by atomic mass is 32.3. The van der Waals surface area contributed by atoms with Crippen molar-refractivity contribution in [1.82, 2.24) is 0 Å². The molecule has 1 saturated carbocycles. The molecule has 3 unspecified atom stereocenters. The molecule has 0 heterocycles. The maximum Gasteiger partial charge on any atom is 0.498 e. The second kappa shape index (κ2) is 7.76.